The molecule has 6 nitrogen and oxygen atoms in total. The molecule has 3 aromatic carbocycles. The van der Waals surface area contributed by atoms with E-state index in [1.807, 2.05) is 35.0 Å². The monoisotopic (exact) mass is 626 g/mol. The highest BCUT2D eigenvalue weighted by atomic mass is 32.2. The van der Waals surface area contributed by atoms with Crippen LogP contribution < -0.4 is 4.31 Å². The van der Waals surface area contributed by atoms with Gasteiger partial charge in [0.15, 0.2) is 5.78 Å². The number of ketones is 1. The second-order valence-corrected chi connectivity index (χ2v) is 16.7. The third-order valence-electron chi connectivity index (χ3n) is 10.4. The molecule has 2 atom stereocenters. The Morgan fingerprint density at radius 2 is 1.76 bits per heavy atom. The Hall–Kier alpha value is -3.42. The van der Waals surface area contributed by atoms with E-state index in [0.717, 1.165) is 47.7 Å². The second kappa shape index (κ2) is 11.7. The SMILES string of the molecule is CCc1cn2c3c(cc(C(=O)C[C@@H](Cc4ccccc4)[C@H](O)CCC4(c5cccc(C)c5)CC4)cc13)N(C)S(=O)(=O)C(C)(C)C2. The topological polar surface area (TPSA) is 79.6 Å². The molecule has 0 radical (unpaired) electrons. The summed E-state index contributed by atoms with van der Waals surface area (Å²) in [6.45, 7) is 8.06. The summed E-state index contributed by atoms with van der Waals surface area (Å²) in [6.07, 6.45) is 6.72. The van der Waals surface area contributed by atoms with Gasteiger partial charge in [-0.15, -0.1) is 0 Å². The summed E-state index contributed by atoms with van der Waals surface area (Å²) in [5.41, 5.74) is 6.79. The Bertz CT molecular complexity index is 1840. The van der Waals surface area contributed by atoms with E-state index >= 15 is 0 Å². The molecule has 45 heavy (non-hydrogen) atoms. The van der Waals surface area contributed by atoms with Crippen LogP contribution in [0.25, 0.3) is 10.9 Å². The van der Waals surface area contributed by atoms with Gasteiger partial charge in [-0.1, -0.05) is 67.1 Å². The average molecular weight is 627 g/mol. The van der Waals surface area contributed by atoms with Crippen molar-refractivity contribution in [3.05, 3.63) is 101 Å². The minimum atomic E-state index is -3.68. The molecule has 1 saturated carbocycles. The zero-order valence-electron chi connectivity index (χ0n) is 27.2. The maximum Gasteiger partial charge on any atom is 0.241 e. The molecule has 0 spiro atoms. The van der Waals surface area contributed by atoms with Gasteiger partial charge in [-0.2, -0.15) is 0 Å². The first kappa shape index (κ1) is 31.6. The number of hydrogen-bond donors (Lipinski definition) is 1. The minimum Gasteiger partial charge on any atom is -0.393 e. The number of aliphatic hydroxyl groups excluding tert-OH is 1. The number of sulfonamides is 1. The zero-order chi connectivity index (χ0) is 32.1. The van der Waals surface area contributed by atoms with Crippen LogP contribution in [-0.2, 0) is 34.8 Å². The lowest BCUT2D eigenvalue weighted by Crippen LogP contribution is -2.44. The highest BCUT2D eigenvalue weighted by Gasteiger charge is 2.45. The standard InChI is InChI=1S/C38H46N2O4S/c1-6-28-24-40-25-37(3,4)45(43,44)39(5)33-22-30(21-32(28)36(33)40)35(42)23-29(20-27-12-8-7-9-13-27)34(41)15-16-38(17-18-38)31-14-10-11-26(2)19-31/h7-14,19,21-22,24,29,34,41H,6,15-18,20,23,25H2,1-5H3/t29-,34-/m1/s1. The number of carbonyl (C=O) groups is 1. The van der Waals surface area contributed by atoms with Crippen LogP contribution in [0.5, 0.6) is 0 Å². The van der Waals surface area contributed by atoms with Crippen molar-refractivity contribution in [1.82, 2.24) is 4.57 Å². The van der Waals surface area contributed by atoms with Crippen molar-refractivity contribution in [2.24, 2.45) is 5.92 Å². The van der Waals surface area contributed by atoms with Crippen LogP contribution in [-0.4, -0.2) is 41.8 Å². The first-order valence-electron chi connectivity index (χ1n) is 16.3. The summed E-state index contributed by atoms with van der Waals surface area (Å²) in [4.78, 5) is 14.2. The van der Waals surface area contributed by atoms with Crippen molar-refractivity contribution in [3.63, 3.8) is 0 Å². The quantitative estimate of drug-likeness (QED) is 0.176. The summed E-state index contributed by atoms with van der Waals surface area (Å²) in [6, 6.07) is 22.5. The second-order valence-electron chi connectivity index (χ2n) is 14.1. The molecule has 2 heterocycles. The molecule has 1 aliphatic carbocycles. The van der Waals surface area contributed by atoms with Gasteiger partial charge >= 0.3 is 0 Å². The molecule has 7 heteroatoms. The van der Waals surface area contributed by atoms with Crippen molar-refractivity contribution in [1.29, 1.82) is 0 Å². The molecular formula is C38H46N2O4S. The number of anilines is 1. The number of aromatic nitrogens is 1. The summed E-state index contributed by atoms with van der Waals surface area (Å²) < 4.78 is 29.7. The van der Waals surface area contributed by atoms with E-state index < -0.39 is 20.9 Å². The highest BCUT2D eigenvalue weighted by Crippen LogP contribution is 2.52. The van der Waals surface area contributed by atoms with E-state index in [1.165, 1.54) is 15.4 Å². The lowest BCUT2D eigenvalue weighted by Gasteiger charge is -2.29. The number of aryl methyl sites for hydroxylation is 2. The summed E-state index contributed by atoms with van der Waals surface area (Å²) >= 11 is 0. The Morgan fingerprint density at radius 3 is 2.42 bits per heavy atom. The van der Waals surface area contributed by atoms with E-state index in [4.69, 9.17) is 0 Å². The smallest absolute Gasteiger partial charge is 0.241 e. The molecule has 1 aromatic heterocycles. The van der Waals surface area contributed by atoms with Crippen LogP contribution in [0.1, 0.15) is 85.5 Å². The number of carbonyl (C=O) groups excluding carboxylic acids is 1. The van der Waals surface area contributed by atoms with E-state index in [1.54, 1.807) is 27.0 Å². The van der Waals surface area contributed by atoms with Gasteiger partial charge < -0.3 is 9.67 Å². The Labute approximate surface area is 268 Å². The molecule has 1 N–H and O–H groups in total. The van der Waals surface area contributed by atoms with E-state index in [-0.39, 0.29) is 23.5 Å². The van der Waals surface area contributed by atoms with Crippen LogP contribution >= 0.6 is 0 Å². The third kappa shape index (κ3) is 5.85. The lowest BCUT2D eigenvalue weighted by atomic mass is 9.82. The lowest BCUT2D eigenvalue weighted by molar-refractivity contribution is 0.0733. The fourth-order valence-electron chi connectivity index (χ4n) is 7.37. The third-order valence-corrected chi connectivity index (χ3v) is 12.9. The predicted molar refractivity (Wildman–Crippen MR) is 183 cm³/mol. The zero-order valence-corrected chi connectivity index (χ0v) is 28.0. The molecule has 1 aliphatic heterocycles. The van der Waals surface area contributed by atoms with Crippen LogP contribution in [0, 0.1) is 12.8 Å². The minimum absolute atomic E-state index is 0.0722. The Balaban J connectivity index is 1.31. The maximum atomic E-state index is 14.2. The first-order chi connectivity index (χ1) is 21.3. The maximum absolute atomic E-state index is 14.2. The van der Waals surface area contributed by atoms with E-state index in [9.17, 15) is 18.3 Å². The normalized spacial score (nSPS) is 19.2. The highest BCUT2D eigenvalue weighted by molar-refractivity contribution is 7.94. The van der Waals surface area contributed by atoms with Crippen LogP contribution in [0.3, 0.4) is 0 Å². The molecule has 0 saturated heterocycles. The predicted octanol–water partition coefficient (Wildman–Crippen LogP) is 7.37. The van der Waals surface area contributed by atoms with Crippen LogP contribution in [0.15, 0.2) is 72.9 Å². The van der Waals surface area contributed by atoms with Gasteiger partial charge in [-0.3, -0.25) is 9.10 Å². The van der Waals surface area contributed by atoms with Crippen molar-refractivity contribution in [2.45, 2.75) is 95.5 Å². The average Bonchev–Trinajstić information content (AvgIpc) is 3.74. The summed E-state index contributed by atoms with van der Waals surface area (Å²) in [5.74, 6) is -0.337. The van der Waals surface area contributed by atoms with Crippen molar-refractivity contribution in [2.75, 3.05) is 11.4 Å². The van der Waals surface area contributed by atoms with Crippen LogP contribution in [0.2, 0.25) is 0 Å². The molecule has 238 valence electrons. The number of nitrogens with zero attached hydrogens (tertiary/aromatic N) is 2. The molecule has 4 aromatic rings. The van der Waals surface area contributed by atoms with Crippen LogP contribution in [0.4, 0.5) is 5.69 Å². The number of aliphatic hydroxyl groups is 1. The summed E-state index contributed by atoms with van der Waals surface area (Å²) in [7, 11) is -2.08. The molecule has 6 rings (SSSR count). The number of rotatable bonds is 11. The van der Waals surface area contributed by atoms with Gasteiger partial charge in [0, 0.05) is 37.2 Å². The van der Waals surface area contributed by atoms with Gasteiger partial charge in [0.25, 0.3) is 0 Å². The van der Waals surface area contributed by atoms with E-state index in [0.29, 0.717) is 30.6 Å². The molecule has 0 bridgehead atoms. The van der Waals surface area contributed by atoms with Gasteiger partial charge in [-0.25, -0.2) is 8.42 Å². The largest absolute Gasteiger partial charge is 0.393 e. The number of Topliss-reactive ketones (excluding diaryl/α,β-unsaturated/α-hetero) is 1. The number of hydrogen-bond acceptors (Lipinski definition) is 4. The van der Waals surface area contributed by atoms with Crippen molar-refractivity contribution < 1.29 is 18.3 Å². The Kier molecular flexibility index (Phi) is 8.23. The van der Waals surface area contributed by atoms with Gasteiger partial charge in [0.1, 0.15) is 4.75 Å². The van der Waals surface area contributed by atoms with Gasteiger partial charge in [-0.05, 0) is 99.5 Å². The molecule has 1 fully saturated rings. The van der Waals surface area contributed by atoms with E-state index in [2.05, 4.69) is 50.2 Å². The van der Waals surface area contributed by atoms with Gasteiger partial charge in [0.2, 0.25) is 10.0 Å². The molecular weight excluding hydrogens is 580 g/mol. The summed E-state index contributed by atoms with van der Waals surface area (Å²) in [5, 5.41) is 12.6. The molecule has 0 unspecified atom stereocenters. The number of benzene rings is 3. The first-order valence-corrected chi connectivity index (χ1v) is 17.8. The van der Waals surface area contributed by atoms with Gasteiger partial charge in [0.05, 0.1) is 17.3 Å². The van der Waals surface area contributed by atoms with Crippen molar-refractivity contribution in [3.8, 4) is 0 Å². The Morgan fingerprint density at radius 1 is 1.02 bits per heavy atom. The van der Waals surface area contributed by atoms with Crippen molar-refractivity contribution >= 4 is 32.4 Å². The molecule has 0 amide bonds. The fraction of sp³-hybridized carbons (Fsp3) is 0.447. The fourth-order valence-corrected chi connectivity index (χ4v) is 8.81. The molecule has 2 aliphatic rings.